The number of pyridine rings is 1. The molecule has 0 amide bonds. The van der Waals surface area contributed by atoms with Crippen LogP contribution in [0.3, 0.4) is 0 Å². The number of aromatic nitrogens is 1. The maximum absolute atomic E-state index is 9.42. The summed E-state index contributed by atoms with van der Waals surface area (Å²) in [6, 6.07) is 7.46. The number of fused-ring (bicyclic) bond motifs is 1. The molecule has 1 aliphatic rings. The number of hydrogen-bond acceptors (Lipinski definition) is 4. The summed E-state index contributed by atoms with van der Waals surface area (Å²) in [6.07, 6.45) is 3.68. The number of nitrogens with zero attached hydrogens (tertiary/aromatic N) is 1. The highest BCUT2D eigenvalue weighted by molar-refractivity contribution is 5.44. The van der Waals surface area contributed by atoms with Gasteiger partial charge >= 0.3 is 0 Å². The zero-order valence-corrected chi connectivity index (χ0v) is 10.8. The maximum Gasteiger partial charge on any atom is 0.127 e. The van der Waals surface area contributed by atoms with E-state index in [1.54, 1.807) is 18.3 Å². The van der Waals surface area contributed by atoms with Crippen LogP contribution < -0.4 is 10.1 Å². The summed E-state index contributed by atoms with van der Waals surface area (Å²) in [7, 11) is 0. The molecule has 3 rings (SSSR count). The number of ether oxygens (including phenoxy) is 1. The van der Waals surface area contributed by atoms with Crippen LogP contribution in [0.25, 0.3) is 0 Å². The average Bonchev–Trinajstić information content (AvgIpc) is 2.80. The molecule has 1 unspecified atom stereocenters. The number of aryl methyl sites for hydroxylation is 1. The number of aromatic hydroxyl groups is 1. The van der Waals surface area contributed by atoms with Crippen molar-refractivity contribution in [1.82, 2.24) is 10.3 Å². The van der Waals surface area contributed by atoms with E-state index in [4.69, 9.17) is 4.74 Å². The number of phenols is 1. The average molecular weight is 256 g/mol. The SMILES string of the molecule is Cc1cnccc1CNC1COc2cc(O)ccc21. The fraction of sp³-hybridized carbons (Fsp3) is 0.267. The first kappa shape index (κ1) is 12.0. The minimum Gasteiger partial charge on any atom is -0.508 e. The third-order valence-corrected chi connectivity index (χ3v) is 3.45. The van der Waals surface area contributed by atoms with E-state index in [1.165, 1.54) is 11.1 Å². The molecule has 0 saturated carbocycles. The van der Waals surface area contributed by atoms with Gasteiger partial charge < -0.3 is 15.2 Å². The fourth-order valence-corrected chi connectivity index (χ4v) is 2.30. The van der Waals surface area contributed by atoms with Gasteiger partial charge in [-0.15, -0.1) is 0 Å². The van der Waals surface area contributed by atoms with Crippen molar-refractivity contribution < 1.29 is 9.84 Å². The largest absolute Gasteiger partial charge is 0.508 e. The van der Waals surface area contributed by atoms with Gasteiger partial charge in [0.05, 0.1) is 6.04 Å². The quantitative estimate of drug-likeness (QED) is 0.885. The summed E-state index contributed by atoms with van der Waals surface area (Å²) in [5.41, 5.74) is 3.52. The van der Waals surface area contributed by atoms with Gasteiger partial charge in [0, 0.05) is 30.6 Å². The van der Waals surface area contributed by atoms with Crippen LogP contribution in [0.5, 0.6) is 11.5 Å². The lowest BCUT2D eigenvalue weighted by atomic mass is 10.1. The molecule has 0 fully saturated rings. The third-order valence-electron chi connectivity index (χ3n) is 3.45. The van der Waals surface area contributed by atoms with Crippen LogP contribution in [0, 0.1) is 6.92 Å². The van der Waals surface area contributed by atoms with Crippen LogP contribution >= 0.6 is 0 Å². The first-order chi connectivity index (χ1) is 9.24. The van der Waals surface area contributed by atoms with E-state index in [0.29, 0.717) is 6.61 Å². The minimum absolute atomic E-state index is 0.170. The van der Waals surface area contributed by atoms with Crippen LogP contribution in [0.15, 0.2) is 36.7 Å². The van der Waals surface area contributed by atoms with Crippen LogP contribution in [-0.4, -0.2) is 16.7 Å². The zero-order valence-electron chi connectivity index (χ0n) is 10.8. The Labute approximate surface area is 112 Å². The van der Waals surface area contributed by atoms with Gasteiger partial charge in [0.1, 0.15) is 18.1 Å². The van der Waals surface area contributed by atoms with Crippen molar-refractivity contribution in [2.75, 3.05) is 6.61 Å². The second-order valence-corrected chi connectivity index (χ2v) is 4.77. The highest BCUT2D eigenvalue weighted by Gasteiger charge is 2.23. The first-order valence-corrected chi connectivity index (χ1v) is 6.32. The molecule has 0 radical (unpaired) electrons. The second kappa shape index (κ2) is 4.90. The Hall–Kier alpha value is -2.07. The third kappa shape index (κ3) is 2.39. The van der Waals surface area contributed by atoms with Gasteiger partial charge in [0.25, 0.3) is 0 Å². The van der Waals surface area contributed by atoms with E-state index < -0.39 is 0 Å². The van der Waals surface area contributed by atoms with Crippen molar-refractivity contribution in [3.05, 3.63) is 53.3 Å². The molecule has 1 atom stereocenters. The van der Waals surface area contributed by atoms with Crippen LogP contribution in [0.1, 0.15) is 22.7 Å². The Morgan fingerprint density at radius 3 is 3.16 bits per heavy atom. The molecular weight excluding hydrogens is 240 g/mol. The number of phenolic OH excluding ortho intramolecular Hbond substituents is 1. The number of hydrogen-bond donors (Lipinski definition) is 2. The molecular formula is C15H16N2O2. The number of benzene rings is 1. The summed E-state index contributed by atoms with van der Waals surface area (Å²) in [5.74, 6) is 1.01. The second-order valence-electron chi connectivity index (χ2n) is 4.77. The lowest BCUT2D eigenvalue weighted by Gasteiger charge is -2.12. The minimum atomic E-state index is 0.170. The molecule has 4 heteroatoms. The summed E-state index contributed by atoms with van der Waals surface area (Å²) in [5, 5.41) is 12.9. The van der Waals surface area contributed by atoms with Gasteiger partial charge in [-0.05, 0) is 36.2 Å². The molecule has 0 bridgehead atoms. The molecule has 98 valence electrons. The van der Waals surface area contributed by atoms with Gasteiger partial charge in [-0.2, -0.15) is 0 Å². The molecule has 2 N–H and O–H groups in total. The Bertz CT molecular complexity index is 598. The predicted molar refractivity (Wildman–Crippen MR) is 72.2 cm³/mol. The molecule has 1 aromatic heterocycles. The Balaban J connectivity index is 1.72. The summed E-state index contributed by atoms with van der Waals surface area (Å²) in [6.45, 7) is 3.44. The highest BCUT2D eigenvalue weighted by Crippen LogP contribution is 2.34. The van der Waals surface area contributed by atoms with E-state index >= 15 is 0 Å². The topological polar surface area (TPSA) is 54.4 Å². The molecule has 0 saturated heterocycles. The monoisotopic (exact) mass is 256 g/mol. The molecule has 0 aliphatic carbocycles. The first-order valence-electron chi connectivity index (χ1n) is 6.32. The molecule has 1 aliphatic heterocycles. The number of nitrogens with one attached hydrogen (secondary N) is 1. The van der Waals surface area contributed by atoms with Crippen molar-refractivity contribution in [2.24, 2.45) is 0 Å². The molecule has 2 aromatic rings. The van der Waals surface area contributed by atoms with E-state index in [9.17, 15) is 5.11 Å². The molecule has 0 spiro atoms. The summed E-state index contributed by atoms with van der Waals surface area (Å²) in [4.78, 5) is 4.09. The molecule has 2 heterocycles. The smallest absolute Gasteiger partial charge is 0.127 e. The van der Waals surface area contributed by atoms with Crippen LogP contribution in [0.2, 0.25) is 0 Å². The fourth-order valence-electron chi connectivity index (χ4n) is 2.30. The van der Waals surface area contributed by atoms with Crippen LogP contribution in [0.4, 0.5) is 0 Å². The van der Waals surface area contributed by atoms with Gasteiger partial charge in [-0.3, -0.25) is 4.98 Å². The number of rotatable bonds is 3. The van der Waals surface area contributed by atoms with Gasteiger partial charge in [-0.1, -0.05) is 0 Å². The predicted octanol–water partition coefficient (Wildman–Crippen LogP) is 2.32. The van der Waals surface area contributed by atoms with Gasteiger partial charge in [-0.25, -0.2) is 0 Å². The molecule has 19 heavy (non-hydrogen) atoms. The van der Waals surface area contributed by atoms with Crippen molar-refractivity contribution in [1.29, 1.82) is 0 Å². The molecule has 1 aromatic carbocycles. The van der Waals surface area contributed by atoms with E-state index in [0.717, 1.165) is 17.9 Å². The zero-order chi connectivity index (χ0) is 13.2. The van der Waals surface area contributed by atoms with E-state index in [-0.39, 0.29) is 11.8 Å². The Morgan fingerprint density at radius 2 is 2.32 bits per heavy atom. The van der Waals surface area contributed by atoms with Crippen molar-refractivity contribution in [3.8, 4) is 11.5 Å². The van der Waals surface area contributed by atoms with Crippen LogP contribution in [-0.2, 0) is 6.54 Å². The molecule has 4 nitrogen and oxygen atoms in total. The Morgan fingerprint density at radius 1 is 1.42 bits per heavy atom. The van der Waals surface area contributed by atoms with Crippen molar-refractivity contribution in [2.45, 2.75) is 19.5 Å². The van der Waals surface area contributed by atoms with Gasteiger partial charge in [0.2, 0.25) is 0 Å². The maximum atomic E-state index is 9.42. The Kier molecular flexibility index (Phi) is 3.09. The highest BCUT2D eigenvalue weighted by atomic mass is 16.5. The van der Waals surface area contributed by atoms with Crippen molar-refractivity contribution >= 4 is 0 Å². The normalized spacial score (nSPS) is 17.0. The van der Waals surface area contributed by atoms with Crippen molar-refractivity contribution in [3.63, 3.8) is 0 Å². The summed E-state index contributed by atoms with van der Waals surface area (Å²) >= 11 is 0. The summed E-state index contributed by atoms with van der Waals surface area (Å²) < 4.78 is 5.58. The lowest BCUT2D eigenvalue weighted by molar-refractivity contribution is 0.309. The van der Waals surface area contributed by atoms with E-state index in [2.05, 4.69) is 17.2 Å². The standard InChI is InChI=1S/C15H16N2O2/c1-10-7-16-5-4-11(10)8-17-14-9-19-15-6-12(18)2-3-13(14)15/h2-7,14,17-18H,8-9H2,1H3. The van der Waals surface area contributed by atoms with E-state index in [1.807, 2.05) is 18.3 Å². The van der Waals surface area contributed by atoms with Gasteiger partial charge in [0.15, 0.2) is 0 Å². The lowest BCUT2D eigenvalue weighted by Crippen LogP contribution is -2.22.